The van der Waals surface area contributed by atoms with Gasteiger partial charge >= 0.3 is 5.69 Å². The molecular weight excluding hydrogens is 586 g/mol. The first-order valence-corrected chi connectivity index (χ1v) is 13.1. The highest BCUT2D eigenvalue weighted by atomic mass is 79.9. The molecule has 12 nitrogen and oxygen atoms in total. The predicted molar refractivity (Wildman–Crippen MR) is 152 cm³/mol. The number of ether oxygens (including phenoxy) is 2. The summed E-state index contributed by atoms with van der Waals surface area (Å²) in [7, 11) is 0. The summed E-state index contributed by atoms with van der Waals surface area (Å²) in [6.07, 6.45) is 2.56. The van der Waals surface area contributed by atoms with Gasteiger partial charge in [-0.15, -0.1) is 0 Å². The van der Waals surface area contributed by atoms with Gasteiger partial charge in [0.25, 0.3) is 11.2 Å². The van der Waals surface area contributed by atoms with Crippen LogP contribution in [0, 0.1) is 20.2 Å². The topological polar surface area (TPSA) is 152 Å². The van der Waals surface area contributed by atoms with Crippen LogP contribution in [0.15, 0.2) is 69.0 Å². The molecule has 0 fully saturated rings. The molecule has 4 aromatic rings. The van der Waals surface area contributed by atoms with E-state index >= 15 is 0 Å². The number of rotatable bonds is 11. The molecule has 13 heteroatoms. The Hall–Kier alpha value is -4.65. The molecule has 0 radical (unpaired) electrons. The SMILES string of the molecule is CCCc1nc2ccc(Br)cc2c(=O)n1N=Cc1cc(OCC)c(OCc2ccc([N+](=O)[O-])cc2)c([N+](=O)[O-])c1. The quantitative estimate of drug-likeness (QED) is 0.118. The third-order valence-electron chi connectivity index (χ3n) is 5.76. The Bertz CT molecular complexity index is 1670. The van der Waals surface area contributed by atoms with Crippen molar-refractivity contribution in [1.82, 2.24) is 9.66 Å². The maximum atomic E-state index is 13.3. The second-order valence-corrected chi connectivity index (χ2v) is 9.49. The molecule has 0 N–H and O–H groups in total. The van der Waals surface area contributed by atoms with Gasteiger partial charge in [0, 0.05) is 34.7 Å². The van der Waals surface area contributed by atoms with Crippen molar-refractivity contribution < 1.29 is 19.3 Å². The van der Waals surface area contributed by atoms with E-state index in [-0.39, 0.29) is 41.6 Å². The van der Waals surface area contributed by atoms with Crippen molar-refractivity contribution in [1.29, 1.82) is 0 Å². The van der Waals surface area contributed by atoms with Crippen molar-refractivity contribution in [2.45, 2.75) is 33.3 Å². The molecule has 0 aliphatic heterocycles. The maximum absolute atomic E-state index is 13.3. The molecule has 0 aliphatic rings. The third kappa shape index (κ3) is 6.31. The van der Waals surface area contributed by atoms with Crippen molar-refractivity contribution in [3.63, 3.8) is 0 Å². The molecule has 1 heterocycles. The van der Waals surface area contributed by atoms with Crippen LogP contribution in [0.5, 0.6) is 11.5 Å². The Morgan fingerprint density at radius 1 is 1.02 bits per heavy atom. The lowest BCUT2D eigenvalue weighted by Gasteiger charge is -2.13. The molecule has 0 bridgehead atoms. The van der Waals surface area contributed by atoms with E-state index < -0.39 is 9.85 Å². The fourth-order valence-electron chi connectivity index (χ4n) is 3.92. The van der Waals surface area contributed by atoms with Crippen LogP contribution in [0.25, 0.3) is 10.9 Å². The summed E-state index contributed by atoms with van der Waals surface area (Å²) >= 11 is 3.37. The minimum Gasteiger partial charge on any atom is -0.490 e. The molecule has 0 saturated heterocycles. The van der Waals surface area contributed by atoms with E-state index in [0.29, 0.717) is 34.3 Å². The first-order valence-electron chi connectivity index (χ1n) is 12.3. The highest BCUT2D eigenvalue weighted by Gasteiger charge is 2.23. The number of benzene rings is 3. The van der Waals surface area contributed by atoms with Gasteiger partial charge in [0.15, 0.2) is 5.75 Å². The number of fused-ring (bicyclic) bond motifs is 1. The summed E-state index contributed by atoms with van der Waals surface area (Å²) in [5.74, 6) is 0.478. The number of nitro benzene ring substituents is 2. The van der Waals surface area contributed by atoms with E-state index in [1.54, 1.807) is 25.1 Å². The van der Waals surface area contributed by atoms with Gasteiger partial charge in [0.2, 0.25) is 5.75 Å². The maximum Gasteiger partial charge on any atom is 0.315 e. The van der Waals surface area contributed by atoms with Gasteiger partial charge in [-0.05, 0) is 55.3 Å². The average Bonchev–Trinajstić information content (AvgIpc) is 2.93. The van der Waals surface area contributed by atoms with Gasteiger partial charge in [-0.25, -0.2) is 4.98 Å². The first kappa shape index (κ1) is 28.4. The number of non-ortho nitro benzene ring substituents is 1. The molecular formula is C27H24BrN5O7. The fourth-order valence-corrected chi connectivity index (χ4v) is 4.28. The third-order valence-corrected chi connectivity index (χ3v) is 6.25. The molecule has 3 aromatic carbocycles. The molecule has 0 spiro atoms. The molecule has 0 saturated carbocycles. The lowest BCUT2D eigenvalue weighted by molar-refractivity contribution is -0.386. The zero-order chi connectivity index (χ0) is 28.8. The van der Waals surface area contributed by atoms with Crippen molar-refractivity contribution in [3.8, 4) is 11.5 Å². The number of aromatic nitrogens is 2. The number of nitro groups is 2. The molecule has 40 heavy (non-hydrogen) atoms. The van der Waals surface area contributed by atoms with E-state index in [1.807, 2.05) is 6.92 Å². The van der Waals surface area contributed by atoms with Crippen molar-refractivity contribution >= 4 is 44.4 Å². The Morgan fingerprint density at radius 3 is 2.42 bits per heavy atom. The summed E-state index contributed by atoms with van der Waals surface area (Å²) in [5, 5.41) is 27.6. The molecule has 0 atom stereocenters. The van der Waals surface area contributed by atoms with Crippen molar-refractivity contribution in [2.24, 2.45) is 5.10 Å². The van der Waals surface area contributed by atoms with Crippen LogP contribution in [0.1, 0.15) is 37.2 Å². The highest BCUT2D eigenvalue weighted by Crippen LogP contribution is 2.39. The van der Waals surface area contributed by atoms with E-state index in [1.165, 1.54) is 47.3 Å². The van der Waals surface area contributed by atoms with Gasteiger partial charge < -0.3 is 9.47 Å². The molecule has 0 amide bonds. The van der Waals surface area contributed by atoms with Crippen LogP contribution >= 0.6 is 15.9 Å². The Balaban J connectivity index is 1.72. The highest BCUT2D eigenvalue weighted by molar-refractivity contribution is 9.10. The Morgan fingerprint density at radius 2 is 1.77 bits per heavy atom. The first-order chi connectivity index (χ1) is 19.2. The summed E-state index contributed by atoms with van der Waals surface area (Å²) in [6, 6.07) is 13.7. The summed E-state index contributed by atoms with van der Waals surface area (Å²) in [5.41, 5.74) is 0.619. The molecule has 1 aromatic heterocycles. The van der Waals surface area contributed by atoms with Gasteiger partial charge in [-0.2, -0.15) is 9.78 Å². The van der Waals surface area contributed by atoms with E-state index in [4.69, 9.17) is 9.47 Å². The lowest BCUT2D eigenvalue weighted by atomic mass is 10.1. The Labute approximate surface area is 236 Å². The zero-order valence-corrected chi connectivity index (χ0v) is 23.2. The normalized spacial score (nSPS) is 11.2. The van der Waals surface area contributed by atoms with Gasteiger partial charge in [0.1, 0.15) is 12.4 Å². The number of nitrogens with zero attached hydrogens (tertiary/aromatic N) is 5. The van der Waals surface area contributed by atoms with Gasteiger partial charge in [-0.1, -0.05) is 22.9 Å². The monoisotopic (exact) mass is 609 g/mol. The lowest BCUT2D eigenvalue weighted by Crippen LogP contribution is -2.22. The van der Waals surface area contributed by atoms with Crippen molar-refractivity contribution in [3.05, 3.63) is 107 Å². The molecule has 0 aliphatic carbocycles. The van der Waals surface area contributed by atoms with Crippen LogP contribution in [-0.2, 0) is 13.0 Å². The number of hydrogen-bond acceptors (Lipinski definition) is 9. The van der Waals surface area contributed by atoms with Crippen molar-refractivity contribution in [2.75, 3.05) is 6.61 Å². The van der Waals surface area contributed by atoms with Gasteiger partial charge in [-0.3, -0.25) is 25.0 Å². The van der Waals surface area contributed by atoms with Crippen LogP contribution in [0.2, 0.25) is 0 Å². The molecule has 0 unspecified atom stereocenters. The largest absolute Gasteiger partial charge is 0.490 e. The summed E-state index contributed by atoms with van der Waals surface area (Å²) in [4.78, 5) is 39.6. The molecule has 4 rings (SSSR count). The number of aryl methyl sites for hydroxylation is 1. The van der Waals surface area contributed by atoms with Gasteiger partial charge in [0.05, 0.1) is 33.6 Å². The molecule has 206 valence electrons. The van der Waals surface area contributed by atoms with Crippen LogP contribution in [0.4, 0.5) is 11.4 Å². The smallest absolute Gasteiger partial charge is 0.315 e. The minimum absolute atomic E-state index is 0.0798. The fraction of sp³-hybridized carbons (Fsp3) is 0.222. The average molecular weight is 610 g/mol. The number of halogens is 1. The van der Waals surface area contributed by atoms with Crippen LogP contribution in [0.3, 0.4) is 0 Å². The second kappa shape index (κ2) is 12.5. The summed E-state index contributed by atoms with van der Waals surface area (Å²) < 4.78 is 13.3. The van der Waals surface area contributed by atoms with E-state index in [2.05, 4.69) is 26.0 Å². The van der Waals surface area contributed by atoms with E-state index in [9.17, 15) is 25.0 Å². The number of hydrogen-bond donors (Lipinski definition) is 0. The predicted octanol–water partition coefficient (Wildman–Crippen LogP) is 5.79. The van der Waals surface area contributed by atoms with Crippen LogP contribution < -0.4 is 15.0 Å². The summed E-state index contributed by atoms with van der Waals surface area (Å²) in [6.45, 7) is 3.80. The van der Waals surface area contributed by atoms with Crippen LogP contribution in [-0.4, -0.2) is 32.3 Å². The minimum atomic E-state index is -0.602. The standard InChI is InChI=1S/C27H24BrN5O7/c1-3-5-25-30-22-11-8-19(28)14-21(22)27(34)31(25)29-15-18-12-23(33(37)38)26(24(13-18)39-4-2)40-16-17-6-9-20(10-7-17)32(35)36/h6-15H,3-5,16H2,1-2H3. The zero-order valence-electron chi connectivity index (χ0n) is 21.6. The Kier molecular flexibility index (Phi) is 8.84. The second-order valence-electron chi connectivity index (χ2n) is 8.57. The van der Waals surface area contributed by atoms with E-state index in [0.717, 1.165) is 10.9 Å².